The van der Waals surface area contributed by atoms with Crippen molar-refractivity contribution < 1.29 is 9.79 Å². The molecule has 68 valence electrons. The SMILES string of the molecule is CS(C)=P(O)(O)c1ccccc1. The van der Waals surface area contributed by atoms with Gasteiger partial charge in [-0.1, -0.05) is 18.2 Å². The van der Waals surface area contributed by atoms with Gasteiger partial charge in [-0.2, -0.15) is 0 Å². The van der Waals surface area contributed by atoms with Crippen LogP contribution in [0.3, 0.4) is 0 Å². The molecule has 0 aliphatic carbocycles. The molecular formula is C8H13O2PS. The average Bonchev–Trinajstić information content (AvgIpc) is 2.06. The Balaban J connectivity index is 3.26. The zero-order valence-corrected chi connectivity index (χ0v) is 8.85. The topological polar surface area (TPSA) is 40.5 Å². The first-order valence-electron chi connectivity index (χ1n) is 3.53. The van der Waals surface area contributed by atoms with Crippen LogP contribution in [-0.4, -0.2) is 22.3 Å². The van der Waals surface area contributed by atoms with Crippen molar-refractivity contribution in [1.82, 2.24) is 0 Å². The second kappa shape index (κ2) is 3.75. The summed E-state index contributed by atoms with van der Waals surface area (Å²) in [4.78, 5) is 19.5. The molecule has 0 aliphatic rings. The molecule has 0 unspecified atom stereocenters. The maximum Gasteiger partial charge on any atom is 0.173 e. The molecule has 2 nitrogen and oxygen atoms in total. The molecule has 2 N–H and O–H groups in total. The molecule has 0 aromatic heterocycles. The Bertz CT molecular complexity index is 311. The van der Waals surface area contributed by atoms with Crippen LogP contribution in [0.5, 0.6) is 0 Å². The van der Waals surface area contributed by atoms with Gasteiger partial charge in [0.25, 0.3) is 0 Å². The zero-order chi connectivity index (χ0) is 9.19. The molecule has 0 saturated carbocycles. The Morgan fingerprint density at radius 3 is 2.00 bits per heavy atom. The van der Waals surface area contributed by atoms with Crippen molar-refractivity contribution in [1.29, 1.82) is 0 Å². The van der Waals surface area contributed by atoms with Crippen molar-refractivity contribution in [3.63, 3.8) is 0 Å². The Kier molecular flexibility index (Phi) is 3.13. The summed E-state index contributed by atoms with van der Waals surface area (Å²) in [5.74, 6) is 0. The average molecular weight is 204 g/mol. The first-order valence-corrected chi connectivity index (χ1v) is 7.87. The Hall–Kier alpha value is -0.0800. The molecule has 4 heteroatoms. The van der Waals surface area contributed by atoms with E-state index in [-0.39, 0.29) is 10.1 Å². The van der Waals surface area contributed by atoms with E-state index in [0.717, 1.165) is 0 Å². The normalized spacial score (nSPS) is 12.1. The Morgan fingerprint density at radius 2 is 1.58 bits per heavy atom. The molecule has 0 aliphatic heterocycles. The van der Waals surface area contributed by atoms with E-state index in [1.54, 1.807) is 12.1 Å². The van der Waals surface area contributed by atoms with E-state index in [0.29, 0.717) is 5.30 Å². The predicted molar refractivity (Wildman–Crippen MR) is 56.6 cm³/mol. The highest BCUT2D eigenvalue weighted by molar-refractivity contribution is 8.30. The maximum absolute atomic E-state index is 9.74. The fourth-order valence-corrected chi connectivity index (χ4v) is 3.45. The van der Waals surface area contributed by atoms with Crippen LogP contribution in [0.25, 0.3) is 0 Å². The summed E-state index contributed by atoms with van der Waals surface area (Å²) in [6.07, 6.45) is 3.70. The highest BCUT2D eigenvalue weighted by atomic mass is 32.5. The van der Waals surface area contributed by atoms with Gasteiger partial charge in [-0.3, -0.25) is 0 Å². The lowest BCUT2D eigenvalue weighted by Crippen LogP contribution is -2.06. The van der Waals surface area contributed by atoms with Crippen molar-refractivity contribution in [2.24, 2.45) is 0 Å². The first-order chi connectivity index (χ1) is 5.55. The van der Waals surface area contributed by atoms with Crippen LogP contribution in [0.2, 0.25) is 0 Å². The quantitative estimate of drug-likeness (QED) is 0.668. The summed E-state index contributed by atoms with van der Waals surface area (Å²) in [7, 11) is -0.355. The predicted octanol–water partition coefficient (Wildman–Crippen LogP) is 0.937. The van der Waals surface area contributed by atoms with Gasteiger partial charge in [-0.05, 0) is 24.6 Å². The van der Waals surface area contributed by atoms with Gasteiger partial charge in [0.15, 0.2) is 6.49 Å². The lowest BCUT2D eigenvalue weighted by Gasteiger charge is -2.14. The van der Waals surface area contributed by atoms with Crippen molar-refractivity contribution in [3.8, 4) is 0 Å². The molecule has 0 heterocycles. The number of hydrogen-bond donors (Lipinski definition) is 2. The van der Waals surface area contributed by atoms with Crippen molar-refractivity contribution in [2.75, 3.05) is 12.5 Å². The fraction of sp³-hybridized carbons (Fsp3) is 0.250. The molecule has 1 rings (SSSR count). The van der Waals surface area contributed by atoms with E-state index in [9.17, 15) is 9.79 Å². The zero-order valence-electron chi connectivity index (χ0n) is 7.14. The lowest BCUT2D eigenvalue weighted by atomic mass is 10.4. The standard InChI is InChI=1S/C8H13O2PS/c1-12(2)11(9,10)8-6-4-3-5-7-8/h3-7,9-10H,1-2H3. The smallest absolute Gasteiger partial charge is 0.173 e. The maximum atomic E-state index is 9.74. The number of hydrogen-bond acceptors (Lipinski definition) is 0. The van der Waals surface area contributed by atoms with Crippen LogP contribution in [-0.2, 0) is 10.1 Å². The van der Waals surface area contributed by atoms with Gasteiger partial charge >= 0.3 is 0 Å². The molecule has 0 radical (unpaired) electrons. The van der Waals surface area contributed by atoms with Gasteiger partial charge in [0.2, 0.25) is 0 Å². The molecule has 0 bridgehead atoms. The molecule has 0 fully saturated rings. The third kappa shape index (κ3) is 1.99. The summed E-state index contributed by atoms with van der Waals surface area (Å²) in [5, 5.41) is 0.665. The minimum atomic E-state index is -2.84. The lowest BCUT2D eigenvalue weighted by molar-refractivity contribution is 0.492. The molecule has 1 aromatic carbocycles. The number of benzene rings is 1. The van der Waals surface area contributed by atoms with E-state index in [1.165, 1.54) is 0 Å². The van der Waals surface area contributed by atoms with Gasteiger partial charge in [-0.25, -0.2) is 0 Å². The van der Waals surface area contributed by atoms with Crippen LogP contribution >= 0.6 is 6.49 Å². The molecular weight excluding hydrogens is 191 g/mol. The van der Waals surface area contributed by atoms with Crippen LogP contribution in [0.15, 0.2) is 30.3 Å². The fourth-order valence-electron chi connectivity index (χ4n) is 0.833. The first kappa shape index (κ1) is 10.0. The van der Waals surface area contributed by atoms with Gasteiger partial charge in [0.05, 0.1) is 0 Å². The van der Waals surface area contributed by atoms with Gasteiger partial charge in [0, 0.05) is 5.30 Å². The van der Waals surface area contributed by atoms with Crippen molar-refractivity contribution in [2.45, 2.75) is 0 Å². The largest absolute Gasteiger partial charge is 0.346 e. The summed E-state index contributed by atoms with van der Waals surface area (Å²) < 4.78 is 0. The van der Waals surface area contributed by atoms with Crippen LogP contribution in [0.1, 0.15) is 0 Å². The molecule has 0 saturated heterocycles. The summed E-state index contributed by atoms with van der Waals surface area (Å²) in [5.41, 5.74) is 0. The van der Waals surface area contributed by atoms with E-state index in [4.69, 9.17) is 0 Å². The third-order valence-electron chi connectivity index (χ3n) is 1.60. The van der Waals surface area contributed by atoms with Crippen LogP contribution in [0, 0.1) is 0 Å². The van der Waals surface area contributed by atoms with Crippen molar-refractivity contribution >= 4 is 21.9 Å². The highest BCUT2D eigenvalue weighted by Crippen LogP contribution is 2.38. The third-order valence-corrected chi connectivity index (χ3v) is 7.28. The summed E-state index contributed by atoms with van der Waals surface area (Å²) >= 11 is 0. The van der Waals surface area contributed by atoms with Crippen LogP contribution < -0.4 is 5.30 Å². The molecule has 0 amide bonds. The van der Waals surface area contributed by atoms with Gasteiger partial charge in [0.1, 0.15) is 0 Å². The second-order valence-corrected chi connectivity index (χ2v) is 9.52. The van der Waals surface area contributed by atoms with Gasteiger partial charge in [-0.15, -0.1) is 10.1 Å². The van der Waals surface area contributed by atoms with Crippen molar-refractivity contribution in [3.05, 3.63) is 30.3 Å². The molecule has 0 spiro atoms. The van der Waals surface area contributed by atoms with Gasteiger partial charge < -0.3 is 9.79 Å². The molecule has 12 heavy (non-hydrogen) atoms. The Labute approximate surface area is 75.0 Å². The molecule has 0 atom stereocenters. The van der Waals surface area contributed by atoms with E-state index in [2.05, 4.69) is 0 Å². The minimum Gasteiger partial charge on any atom is -0.346 e. The van der Waals surface area contributed by atoms with E-state index >= 15 is 0 Å². The summed E-state index contributed by atoms with van der Waals surface area (Å²) in [6, 6.07) is 9.04. The number of rotatable bonds is 1. The Morgan fingerprint density at radius 1 is 1.08 bits per heavy atom. The monoisotopic (exact) mass is 204 g/mol. The highest BCUT2D eigenvalue weighted by Gasteiger charge is 2.12. The molecule has 1 aromatic rings. The van der Waals surface area contributed by atoms with E-state index < -0.39 is 6.49 Å². The second-order valence-electron chi connectivity index (χ2n) is 2.65. The summed E-state index contributed by atoms with van der Waals surface area (Å²) in [6.45, 7) is -2.84. The van der Waals surface area contributed by atoms with Crippen LogP contribution in [0.4, 0.5) is 0 Å². The van der Waals surface area contributed by atoms with E-state index in [1.807, 2.05) is 30.7 Å². The minimum absolute atomic E-state index is 0.355.